The molecule has 0 aliphatic rings. The van der Waals surface area contributed by atoms with Crippen molar-refractivity contribution in [1.82, 2.24) is 4.72 Å². The molecule has 0 bridgehead atoms. The number of nitrogens with zero attached hydrogens (tertiary/aromatic N) is 1. The fraction of sp³-hybridized carbons (Fsp3) is 0.316. The van der Waals surface area contributed by atoms with Gasteiger partial charge in [0.2, 0.25) is 10.0 Å². The summed E-state index contributed by atoms with van der Waals surface area (Å²) in [6.07, 6.45) is 1.68. The maximum atomic E-state index is 12.2. The number of nitrogens with one attached hydrogen (secondary N) is 1. The van der Waals surface area contributed by atoms with E-state index in [0.29, 0.717) is 24.7 Å². The molecule has 2 aromatic carbocycles. The minimum absolute atomic E-state index is 0.223. The van der Waals surface area contributed by atoms with Gasteiger partial charge in [-0.1, -0.05) is 17.7 Å². The van der Waals surface area contributed by atoms with Crippen LogP contribution >= 0.6 is 0 Å². The van der Waals surface area contributed by atoms with Gasteiger partial charge >= 0.3 is 0 Å². The number of ether oxygens (including phenoxy) is 2. The molecule has 140 valence electrons. The van der Waals surface area contributed by atoms with Crippen molar-refractivity contribution in [3.63, 3.8) is 0 Å². The summed E-state index contributed by atoms with van der Waals surface area (Å²) in [4.78, 5) is 4.51. The first-order valence-corrected chi connectivity index (χ1v) is 9.81. The third-order valence-corrected chi connectivity index (χ3v) is 5.07. The number of rotatable bonds is 9. The highest BCUT2D eigenvalue weighted by Crippen LogP contribution is 2.27. The first-order valence-electron chi connectivity index (χ1n) is 8.33. The lowest BCUT2D eigenvalue weighted by atomic mass is 10.2. The van der Waals surface area contributed by atoms with Gasteiger partial charge in [-0.15, -0.1) is 0 Å². The highest BCUT2D eigenvalue weighted by atomic mass is 32.2. The average molecular weight is 376 g/mol. The number of methoxy groups -OCH3 is 1. The number of benzene rings is 2. The number of aliphatic imine (C=N–C) groups is 1. The van der Waals surface area contributed by atoms with E-state index in [4.69, 9.17) is 9.47 Å². The van der Waals surface area contributed by atoms with Gasteiger partial charge in [-0.2, -0.15) is 0 Å². The first kappa shape index (κ1) is 19.9. The summed E-state index contributed by atoms with van der Waals surface area (Å²) in [7, 11) is -1.92. The van der Waals surface area contributed by atoms with Gasteiger partial charge < -0.3 is 9.47 Å². The zero-order valence-electron chi connectivity index (χ0n) is 15.2. The molecule has 0 aromatic heterocycles. The van der Waals surface area contributed by atoms with Crippen molar-refractivity contribution in [2.45, 2.75) is 18.7 Å². The summed E-state index contributed by atoms with van der Waals surface area (Å²) in [5.41, 5.74) is 1.87. The van der Waals surface area contributed by atoms with Gasteiger partial charge in [-0.3, -0.25) is 4.99 Å². The van der Waals surface area contributed by atoms with Crippen molar-refractivity contribution in [1.29, 1.82) is 0 Å². The standard InChI is InChI=1S/C19H24N2O4S/c1-4-25-19-13-16(7-10-18(19)24-3)14-20-11-12-21-26(22,23)17-8-5-15(2)6-9-17/h5-10,13-14,21H,4,11-12H2,1-3H3. The molecular weight excluding hydrogens is 352 g/mol. The van der Waals surface area contributed by atoms with Crippen molar-refractivity contribution in [2.75, 3.05) is 26.8 Å². The fourth-order valence-electron chi connectivity index (χ4n) is 2.26. The summed E-state index contributed by atoms with van der Waals surface area (Å²) in [5, 5.41) is 0. The molecule has 0 saturated heterocycles. The lowest BCUT2D eigenvalue weighted by Gasteiger charge is -2.09. The quantitative estimate of drug-likeness (QED) is 0.539. The van der Waals surface area contributed by atoms with E-state index in [1.54, 1.807) is 37.6 Å². The molecule has 0 amide bonds. The van der Waals surface area contributed by atoms with Crippen molar-refractivity contribution in [3.8, 4) is 11.5 Å². The minimum Gasteiger partial charge on any atom is -0.493 e. The second kappa shape index (κ2) is 9.35. The van der Waals surface area contributed by atoms with Crippen LogP contribution in [0.3, 0.4) is 0 Å². The highest BCUT2D eigenvalue weighted by molar-refractivity contribution is 7.89. The second-order valence-electron chi connectivity index (χ2n) is 5.59. The molecule has 0 heterocycles. The van der Waals surface area contributed by atoms with Crippen LogP contribution in [0.5, 0.6) is 11.5 Å². The molecule has 0 aliphatic heterocycles. The maximum Gasteiger partial charge on any atom is 0.240 e. The second-order valence-corrected chi connectivity index (χ2v) is 7.36. The van der Waals surface area contributed by atoms with Crippen LogP contribution in [-0.4, -0.2) is 41.4 Å². The SMILES string of the molecule is CCOc1cc(C=NCCNS(=O)(=O)c2ccc(C)cc2)ccc1OC. The molecule has 0 aliphatic carbocycles. The van der Waals surface area contributed by atoms with Crippen molar-refractivity contribution < 1.29 is 17.9 Å². The van der Waals surface area contributed by atoms with Crippen LogP contribution in [-0.2, 0) is 10.0 Å². The Kier molecular flexibility index (Phi) is 7.17. The molecule has 2 rings (SSSR count). The Morgan fingerprint density at radius 2 is 1.85 bits per heavy atom. The molecule has 0 saturated carbocycles. The molecular formula is C19H24N2O4S. The van der Waals surface area contributed by atoms with E-state index < -0.39 is 10.0 Å². The molecule has 6 nitrogen and oxygen atoms in total. The Balaban J connectivity index is 1.91. The van der Waals surface area contributed by atoms with E-state index in [1.165, 1.54) is 0 Å². The summed E-state index contributed by atoms with van der Waals surface area (Å²) >= 11 is 0. The van der Waals surface area contributed by atoms with Crippen LogP contribution in [0, 0.1) is 6.92 Å². The number of hydrogen-bond acceptors (Lipinski definition) is 5. The largest absolute Gasteiger partial charge is 0.493 e. The molecule has 2 aromatic rings. The number of sulfonamides is 1. The van der Waals surface area contributed by atoms with Crippen molar-refractivity contribution in [2.24, 2.45) is 4.99 Å². The molecule has 26 heavy (non-hydrogen) atoms. The van der Waals surface area contributed by atoms with Gasteiger partial charge in [0.25, 0.3) is 0 Å². The number of hydrogen-bond donors (Lipinski definition) is 1. The summed E-state index contributed by atoms with van der Waals surface area (Å²) < 4.78 is 37.6. The molecule has 0 unspecified atom stereocenters. The topological polar surface area (TPSA) is 77.0 Å². The number of aryl methyl sites for hydroxylation is 1. The lowest BCUT2D eigenvalue weighted by molar-refractivity contribution is 0.311. The molecule has 0 fully saturated rings. The summed E-state index contributed by atoms with van der Waals surface area (Å²) in [5.74, 6) is 1.31. The maximum absolute atomic E-state index is 12.2. The predicted molar refractivity (Wildman–Crippen MR) is 103 cm³/mol. The Morgan fingerprint density at radius 1 is 1.12 bits per heavy atom. The van der Waals surface area contributed by atoms with Crippen LogP contribution in [0.2, 0.25) is 0 Å². The lowest BCUT2D eigenvalue weighted by Crippen LogP contribution is -2.26. The fourth-order valence-corrected chi connectivity index (χ4v) is 3.28. The van der Waals surface area contributed by atoms with Gasteiger partial charge in [-0.05, 0) is 49.7 Å². The summed E-state index contributed by atoms with van der Waals surface area (Å²) in [6, 6.07) is 12.2. The van der Waals surface area contributed by atoms with Gasteiger partial charge in [0.05, 0.1) is 25.2 Å². The normalized spacial score (nSPS) is 11.7. The van der Waals surface area contributed by atoms with E-state index in [-0.39, 0.29) is 11.4 Å². The van der Waals surface area contributed by atoms with Crippen LogP contribution in [0.15, 0.2) is 52.4 Å². The molecule has 0 atom stereocenters. The minimum atomic E-state index is -3.51. The zero-order chi connectivity index (χ0) is 19.0. The van der Waals surface area contributed by atoms with E-state index in [0.717, 1.165) is 11.1 Å². The Bertz CT molecular complexity index is 846. The highest BCUT2D eigenvalue weighted by Gasteiger charge is 2.12. The van der Waals surface area contributed by atoms with E-state index in [1.807, 2.05) is 32.0 Å². The first-order chi connectivity index (χ1) is 12.5. The predicted octanol–water partition coefficient (Wildman–Crippen LogP) is 2.80. The van der Waals surface area contributed by atoms with Crippen LogP contribution in [0.4, 0.5) is 0 Å². The van der Waals surface area contributed by atoms with Gasteiger partial charge in [0.1, 0.15) is 0 Å². The van der Waals surface area contributed by atoms with Gasteiger partial charge in [0.15, 0.2) is 11.5 Å². The Labute approximate surface area is 154 Å². The van der Waals surface area contributed by atoms with E-state index in [9.17, 15) is 8.42 Å². The van der Waals surface area contributed by atoms with Crippen LogP contribution in [0.1, 0.15) is 18.1 Å². The van der Waals surface area contributed by atoms with Crippen LogP contribution in [0.25, 0.3) is 0 Å². The van der Waals surface area contributed by atoms with Crippen molar-refractivity contribution in [3.05, 3.63) is 53.6 Å². The smallest absolute Gasteiger partial charge is 0.240 e. The zero-order valence-corrected chi connectivity index (χ0v) is 16.0. The monoisotopic (exact) mass is 376 g/mol. The molecule has 1 N–H and O–H groups in total. The molecule has 0 radical (unpaired) electrons. The summed E-state index contributed by atoms with van der Waals surface area (Å²) in [6.45, 7) is 4.91. The third-order valence-electron chi connectivity index (χ3n) is 3.59. The Hall–Kier alpha value is -2.38. The van der Waals surface area contributed by atoms with Gasteiger partial charge in [0, 0.05) is 12.8 Å². The molecule has 7 heteroatoms. The van der Waals surface area contributed by atoms with E-state index in [2.05, 4.69) is 9.71 Å². The third kappa shape index (κ3) is 5.57. The van der Waals surface area contributed by atoms with Crippen molar-refractivity contribution >= 4 is 16.2 Å². The van der Waals surface area contributed by atoms with E-state index >= 15 is 0 Å². The van der Waals surface area contributed by atoms with Crippen LogP contribution < -0.4 is 14.2 Å². The molecule has 0 spiro atoms. The van der Waals surface area contributed by atoms with Gasteiger partial charge in [-0.25, -0.2) is 13.1 Å². The Morgan fingerprint density at radius 3 is 2.50 bits per heavy atom. The average Bonchev–Trinajstić information content (AvgIpc) is 2.62.